The van der Waals surface area contributed by atoms with Crippen molar-refractivity contribution in [1.29, 1.82) is 0 Å². The molecule has 0 spiro atoms. The van der Waals surface area contributed by atoms with Gasteiger partial charge in [0.05, 0.1) is 6.61 Å². The highest BCUT2D eigenvalue weighted by molar-refractivity contribution is 5.08. The second kappa shape index (κ2) is 3.59. The Morgan fingerprint density at radius 3 is 2.93 bits per heavy atom. The van der Waals surface area contributed by atoms with Crippen molar-refractivity contribution in [2.45, 2.75) is 44.6 Å². The zero-order valence-corrected chi connectivity index (χ0v) is 9.15. The Bertz CT molecular complexity index is 355. The molecule has 1 aromatic heterocycles. The molecule has 0 amide bonds. The molecule has 2 atom stereocenters. The van der Waals surface area contributed by atoms with Crippen LogP contribution in [0.2, 0.25) is 0 Å². The Labute approximate surface area is 89.6 Å². The van der Waals surface area contributed by atoms with E-state index in [9.17, 15) is 0 Å². The van der Waals surface area contributed by atoms with Gasteiger partial charge in [-0.05, 0) is 19.3 Å². The van der Waals surface area contributed by atoms with E-state index in [1.54, 1.807) is 0 Å². The largest absolute Gasteiger partial charge is 0.381 e. The first-order chi connectivity index (χ1) is 7.36. The molecule has 2 unspecified atom stereocenters. The van der Waals surface area contributed by atoms with E-state index in [0.717, 1.165) is 32.0 Å². The predicted octanol–water partition coefficient (Wildman–Crippen LogP) is 1.68. The highest BCUT2D eigenvalue weighted by Gasteiger charge is 2.28. The second-order valence-corrected chi connectivity index (χ2v) is 4.67. The first-order valence-electron chi connectivity index (χ1n) is 5.87. The molecule has 0 bridgehead atoms. The van der Waals surface area contributed by atoms with E-state index in [2.05, 4.69) is 21.7 Å². The van der Waals surface area contributed by atoms with E-state index < -0.39 is 0 Å². The normalized spacial score (nSPS) is 30.5. The third kappa shape index (κ3) is 1.47. The van der Waals surface area contributed by atoms with Crippen molar-refractivity contribution >= 4 is 0 Å². The van der Waals surface area contributed by atoms with Crippen molar-refractivity contribution < 1.29 is 4.74 Å². The Hall–Kier alpha value is -0.900. The van der Waals surface area contributed by atoms with Crippen molar-refractivity contribution in [3.63, 3.8) is 0 Å². The average molecular weight is 207 g/mol. The fraction of sp³-hybridized carbons (Fsp3) is 0.818. The molecule has 4 nitrogen and oxygen atoms in total. The van der Waals surface area contributed by atoms with E-state index >= 15 is 0 Å². The van der Waals surface area contributed by atoms with Gasteiger partial charge in [-0.1, -0.05) is 6.92 Å². The molecule has 3 rings (SSSR count). The number of hydrogen-bond donors (Lipinski definition) is 0. The van der Waals surface area contributed by atoms with Crippen molar-refractivity contribution in [3.05, 3.63) is 11.6 Å². The molecule has 82 valence electrons. The van der Waals surface area contributed by atoms with Gasteiger partial charge in [-0.25, -0.2) is 0 Å². The van der Waals surface area contributed by atoms with Gasteiger partial charge in [-0.15, -0.1) is 10.2 Å². The van der Waals surface area contributed by atoms with Crippen LogP contribution in [0.15, 0.2) is 0 Å². The quantitative estimate of drug-likeness (QED) is 0.703. The van der Waals surface area contributed by atoms with Gasteiger partial charge in [-0.3, -0.25) is 0 Å². The number of ether oxygens (including phenoxy) is 1. The molecule has 0 aromatic carbocycles. The minimum Gasteiger partial charge on any atom is -0.381 e. The van der Waals surface area contributed by atoms with Crippen LogP contribution in [-0.2, 0) is 11.3 Å². The van der Waals surface area contributed by atoms with Crippen molar-refractivity contribution in [1.82, 2.24) is 14.8 Å². The van der Waals surface area contributed by atoms with Gasteiger partial charge in [0.2, 0.25) is 0 Å². The fourth-order valence-electron chi connectivity index (χ4n) is 2.65. The number of hydrogen-bond acceptors (Lipinski definition) is 3. The first-order valence-corrected chi connectivity index (χ1v) is 5.87. The lowest BCUT2D eigenvalue weighted by molar-refractivity contribution is 0.192. The molecule has 15 heavy (non-hydrogen) atoms. The summed E-state index contributed by atoms with van der Waals surface area (Å²) >= 11 is 0. The Morgan fingerprint density at radius 1 is 1.27 bits per heavy atom. The molecule has 4 heteroatoms. The van der Waals surface area contributed by atoms with Crippen molar-refractivity contribution in [2.75, 3.05) is 13.2 Å². The molecule has 0 N–H and O–H groups in total. The van der Waals surface area contributed by atoms with Gasteiger partial charge in [-0.2, -0.15) is 0 Å². The van der Waals surface area contributed by atoms with Crippen LogP contribution >= 0.6 is 0 Å². The standard InChI is InChI=1S/C11H17N3O/c1-8-3-2-5-14-10(8)12-13-11(14)9-4-6-15-7-9/h8-9H,2-7H2,1H3. The zero-order valence-electron chi connectivity index (χ0n) is 9.15. The van der Waals surface area contributed by atoms with Crippen LogP contribution in [0.25, 0.3) is 0 Å². The summed E-state index contributed by atoms with van der Waals surface area (Å²) in [6, 6.07) is 0. The minimum atomic E-state index is 0.483. The topological polar surface area (TPSA) is 39.9 Å². The molecule has 1 saturated heterocycles. The molecule has 0 radical (unpaired) electrons. The summed E-state index contributed by atoms with van der Waals surface area (Å²) in [5.41, 5.74) is 0. The fourth-order valence-corrected chi connectivity index (χ4v) is 2.65. The highest BCUT2D eigenvalue weighted by atomic mass is 16.5. The van der Waals surface area contributed by atoms with Gasteiger partial charge >= 0.3 is 0 Å². The van der Waals surface area contributed by atoms with Gasteiger partial charge in [0.25, 0.3) is 0 Å². The summed E-state index contributed by atoms with van der Waals surface area (Å²) in [4.78, 5) is 0. The van der Waals surface area contributed by atoms with E-state index in [-0.39, 0.29) is 0 Å². The number of rotatable bonds is 1. The Morgan fingerprint density at radius 2 is 2.13 bits per heavy atom. The van der Waals surface area contributed by atoms with Crippen molar-refractivity contribution in [3.8, 4) is 0 Å². The summed E-state index contributed by atoms with van der Waals surface area (Å²) in [7, 11) is 0. The number of nitrogens with zero attached hydrogens (tertiary/aromatic N) is 3. The summed E-state index contributed by atoms with van der Waals surface area (Å²) in [6.45, 7) is 5.04. The first kappa shape index (κ1) is 9.33. The lowest BCUT2D eigenvalue weighted by Gasteiger charge is -2.21. The smallest absolute Gasteiger partial charge is 0.138 e. The highest BCUT2D eigenvalue weighted by Crippen LogP contribution is 2.30. The van der Waals surface area contributed by atoms with E-state index in [4.69, 9.17) is 4.74 Å². The van der Waals surface area contributed by atoms with Crippen LogP contribution < -0.4 is 0 Å². The molecular weight excluding hydrogens is 190 g/mol. The molecule has 2 aliphatic rings. The summed E-state index contributed by atoms with van der Waals surface area (Å²) in [6.07, 6.45) is 3.61. The second-order valence-electron chi connectivity index (χ2n) is 4.67. The van der Waals surface area contributed by atoms with Crippen LogP contribution in [0.1, 0.15) is 49.7 Å². The number of aromatic nitrogens is 3. The van der Waals surface area contributed by atoms with Crippen LogP contribution in [0.3, 0.4) is 0 Å². The third-order valence-electron chi connectivity index (χ3n) is 3.56. The molecular formula is C11H17N3O. The van der Waals surface area contributed by atoms with E-state index in [1.807, 2.05) is 0 Å². The van der Waals surface area contributed by atoms with Crippen LogP contribution in [0.4, 0.5) is 0 Å². The molecule has 2 aliphatic heterocycles. The summed E-state index contributed by atoms with van der Waals surface area (Å²) in [5.74, 6) is 3.40. The predicted molar refractivity (Wildman–Crippen MR) is 55.8 cm³/mol. The lowest BCUT2D eigenvalue weighted by atomic mass is 10.0. The Kier molecular flexibility index (Phi) is 2.24. The summed E-state index contributed by atoms with van der Waals surface area (Å²) in [5, 5.41) is 8.70. The Balaban J connectivity index is 1.95. The van der Waals surface area contributed by atoms with Gasteiger partial charge in [0, 0.05) is 25.0 Å². The molecule has 3 heterocycles. The maximum absolute atomic E-state index is 5.42. The maximum atomic E-state index is 5.42. The van der Waals surface area contributed by atoms with Gasteiger partial charge in [0.1, 0.15) is 11.6 Å². The summed E-state index contributed by atoms with van der Waals surface area (Å²) < 4.78 is 7.74. The lowest BCUT2D eigenvalue weighted by Crippen LogP contribution is -2.18. The van der Waals surface area contributed by atoms with E-state index in [0.29, 0.717) is 11.8 Å². The van der Waals surface area contributed by atoms with Gasteiger partial charge in [0.15, 0.2) is 0 Å². The molecule has 0 aliphatic carbocycles. The monoisotopic (exact) mass is 207 g/mol. The minimum absolute atomic E-state index is 0.483. The molecule has 1 fully saturated rings. The molecule has 0 saturated carbocycles. The van der Waals surface area contributed by atoms with E-state index in [1.165, 1.54) is 18.7 Å². The van der Waals surface area contributed by atoms with Crippen LogP contribution in [0.5, 0.6) is 0 Å². The number of fused-ring (bicyclic) bond motifs is 1. The maximum Gasteiger partial charge on any atom is 0.138 e. The van der Waals surface area contributed by atoms with Gasteiger partial charge < -0.3 is 9.30 Å². The third-order valence-corrected chi connectivity index (χ3v) is 3.56. The van der Waals surface area contributed by atoms with Crippen LogP contribution in [-0.4, -0.2) is 28.0 Å². The SMILES string of the molecule is CC1CCCn2c1nnc2C1CCOC1. The average Bonchev–Trinajstić information content (AvgIpc) is 2.85. The molecule has 1 aromatic rings. The zero-order chi connectivity index (χ0) is 10.3. The van der Waals surface area contributed by atoms with Crippen molar-refractivity contribution in [2.24, 2.45) is 0 Å². The van der Waals surface area contributed by atoms with Crippen LogP contribution in [0, 0.1) is 0 Å².